The summed E-state index contributed by atoms with van der Waals surface area (Å²) in [5.41, 5.74) is 2.09. The summed E-state index contributed by atoms with van der Waals surface area (Å²) in [5, 5.41) is 3.39. The van der Waals surface area contributed by atoms with Gasteiger partial charge in [-0.25, -0.2) is 9.59 Å². The number of likely N-dealkylation sites (N-methyl/N-ethyl adjacent to an activating group) is 1. The standard InChI is InChI=1S/C33H35ClN4O5/c1-4-42-32(40)29-28(21-37-17-18-38(22(2)20-37)31(39)26-15-8-9-16-27(26)34)36(3)33(41)35-30(29)23-11-10-14-25(19-23)43-24-12-6-5-7-13-24/h5-16,19,22,30H,4,17-18,20-21H2,1-3H3,(H,35,41)/t22-,30+/m0/s1. The number of carbonyl (C=O) groups excluding carboxylic acids is 3. The Morgan fingerprint density at radius 1 is 0.977 bits per heavy atom. The SMILES string of the molecule is CCOC(=O)C1=C(CN2CCN(C(=O)c3ccccc3Cl)[C@@H](C)C2)N(C)C(=O)N[C@@H]1c1cccc(Oc2ccccc2)c1. The van der Waals surface area contributed by atoms with Crippen LogP contribution < -0.4 is 10.1 Å². The highest BCUT2D eigenvalue weighted by atomic mass is 35.5. The zero-order valence-corrected chi connectivity index (χ0v) is 25.2. The van der Waals surface area contributed by atoms with Crippen molar-refractivity contribution >= 4 is 29.5 Å². The van der Waals surface area contributed by atoms with Gasteiger partial charge in [0, 0.05) is 45.0 Å². The van der Waals surface area contributed by atoms with Gasteiger partial charge in [-0.1, -0.05) is 54.1 Å². The molecular formula is C33H35ClN4O5. The van der Waals surface area contributed by atoms with Gasteiger partial charge in [-0.05, 0) is 55.8 Å². The fourth-order valence-electron chi connectivity index (χ4n) is 5.51. The van der Waals surface area contributed by atoms with E-state index in [9.17, 15) is 14.4 Å². The van der Waals surface area contributed by atoms with Crippen molar-refractivity contribution in [3.63, 3.8) is 0 Å². The Kier molecular flexibility index (Phi) is 9.33. The first-order valence-electron chi connectivity index (χ1n) is 14.3. The maximum Gasteiger partial charge on any atom is 0.338 e. The molecule has 0 radical (unpaired) electrons. The van der Waals surface area contributed by atoms with Gasteiger partial charge >= 0.3 is 12.0 Å². The number of piperazine rings is 1. The summed E-state index contributed by atoms with van der Waals surface area (Å²) in [6, 6.07) is 22.6. The lowest BCUT2D eigenvalue weighted by Gasteiger charge is -2.42. The number of rotatable bonds is 8. The minimum Gasteiger partial charge on any atom is -0.463 e. The number of esters is 1. The first-order chi connectivity index (χ1) is 20.8. The minimum atomic E-state index is -0.738. The number of ether oxygens (including phenoxy) is 2. The number of urea groups is 1. The van der Waals surface area contributed by atoms with E-state index in [-0.39, 0.29) is 24.6 Å². The Morgan fingerprint density at radius 2 is 1.70 bits per heavy atom. The smallest absolute Gasteiger partial charge is 0.338 e. The number of benzene rings is 3. The summed E-state index contributed by atoms with van der Waals surface area (Å²) in [7, 11) is 1.65. The van der Waals surface area contributed by atoms with Gasteiger partial charge in [0.1, 0.15) is 11.5 Å². The van der Waals surface area contributed by atoms with Crippen molar-refractivity contribution < 1.29 is 23.9 Å². The van der Waals surface area contributed by atoms with Gasteiger partial charge in [-0.15, -0.1) is 0 Å². The summed E-state index contributed by atoms with van der Waals surface area (Å²) >= 11 is 6.30. The van der Waals surface area contributed by atoms with Crippen molar-refractivity contribution in [1.29, 1.82) is 0 Å². The van der Waals surface area contributed by atoms with Crippen LogP contribution >= 0.6 is 11.6 Å². The molecule has 9 nitrogen and oxygen atoms in total. The molecule has 2 aliphatic rings. The van der Waals surface area contributed by atoms with Gasteiger partial charge in [-0.3, -0.25) is 14.6 Å². The Labute approximate surface area is 256 Å². The molecule has 0 saturated carbocycles. The van der Waals surface area contributed by atoms with Crippen LogP contribution in [-0.2, 0) is 9.53 Å². The van der Waals surface area contributed by atoms with Crippen LogP contribution in [0.15, 0.2) is 90.1 Å². The number of amides is 3. The molecule has 10 heteroatoms. The van der Waals surface area contributed by atoms with Gasteiger partial charge in [0.05, 0.1) is 28.8 Å². The zero-order valence-electron chi connectivity index (χ0n) is 24.5. The van der Waals surface area contributed by atoms with Crippen molar-refractivity contribution in [3.05, 3.63) is 106 Å². The van der Waals surface area contributed by atoms with Crippen LogP contribution in [0.1, 0.15) is 35.8 Å². The summed E-state index contributed by atoms with van der Waals surface area (Å²) in [4.78, 5) is 45.4. The molecule has 43 heavy (non-hydrogen) atoms. The molecule has 0 unspecified atom stereocenters. The Morgan fingerprint density at radius 3 is 2.42 bits per heavy atom. The fraction of sp³-hybridized carbons (Fsp3) is 0.303. The van der Waals surface area contributed by atoms with Crippen LogP contribution in [0.4, 0.5) is 4.79 Å². The third-order valence-electron chi connectivity index (χ3n) is 7.69. The molecule has 2 heterocycles. The molecule has 5 rings (SSSR count). The van der Waals surface area contributed by atoms with Crippen LogP contribution in [0.2, 0.25) is 5.02 Å². The van der Waals surface area contributed by atoms with E-state index >= 15 is 0 Å². The highest BCUT2D eigenvalue weighted by Gasteiger charge is 2.38. The summed E-state index contributed by atoms with van der Waals surface area (Å²) in [6.45, 7) is 5.84. The molecule has 0 bridgehead atoms. The molecule has 1 N–H and O–H groups in total. The molecule has 0 spiro atoms. The molecule has 3 aromatic rings. The molecule has 224 valence electrons. The maximum atomic E-state index is 13.5. The average Bonchev–Trinajstić information content (AvgIpc) is 3.00. The molecule has 1 saturated heterocycles. The van der Waals surface area contributed by atoms with E-state index in [1.807, 2.05) is 66.4 Å². The fourth-order valence-corrected chi connectivity index (χ4v) is 5.73. The first kappa shape index (κ1) is 30.1. The van der Waals surface area contributed by atoms with Crippen LogP contribution in [-0.4, -0.2) is 78.5 Å². The number of hydrogen-bond acceptors (Lipinski definition) is 6. The van der Waals surface area contributed by atoms with Crippen LogP contribution in [0.3, 0.4) is 0 Å². The second-order valence-electron chi connectivity index (χ2n) is 10.6. The van der Waals surface area contributed by atoms with E-state index in [2.05, 4.69) is 10.2 Å². The van der Waals surface area contributed by atoms with Crippen LogP contribution in [0.5, 0.6) is 11.5 Å². The number of nitrogens with zero attached hydrogens (tertiary/aromatic N) is 3. The van der Waals surface area contributed by atoms with Gasteiger partial charge in [0.25, 0.3) is 5.91 Å². The number of para-hydroxylation sites is 1. The molecule has 2 aliphatic heterocycles. The second-order valence-corrected chi connectivity index (χ2v) is 11.0. The zero-order chi connectivity index (χ0) is 30.5. The van der Waals surface area contributed by atoms with Crippen LogP contribution in [0, 0.1) is 0 Å². The summed E-state index contributed by atoms with van der Waals surface area (Å²) < 4.78 is 11.5. The Balaban J connectivity index is 1.42. The van der Waals surface area contributed by atoms with Crippen molar-refractivity contribution in [1.82, 2.24) is 20.0 Å². The maximum absolute atomic E-state index is 13.5. The lowest BCUT2D eigenvalue weighted by molar-refractivity contribution is -0.139. The Bertz CT molecular complexity index is 1530. The summed E-state index contributed by atoms with van der Waals surface area (Å²) in [6.07, 6.45) is 0. The molecular weight excluding hydrogens is 568 g/mol. The van der Waals surface area contributed by atoms with Crippen LogP contribution in [0.25, 0.3) is 0 Å². The average molecular weight is 603 g/mol. The second kappa shape index (κ2) is 13.3. The van der Waals surface area contributed by atoms with E-state index in [1.165, 1.54) is 4.90 Å². The minimum absolute atomic E-state index is 0.115. The lowest BCUT2D eigenvalue weighted by atomic mass is 9.94. The van der Waals surface area contributed by atoms with E-state index in [0.29, 0.717) is 65.1 Å². The number of nitrogens with one attached hydrogen (secondary N) is 1. The van der Waals surface area contributed by atoms with E-state index in [4.69, 9.17) is 21.1 Å². The normalized spacial score (nSPS) is 19.2. The van der Waals surface area contributed by atoms with E-state index in [0.717, 1.165) is 0 Å². The first-order valence-corrected chi connectivity index (χ1v) is 14.7. The third kappa shape index (κ3) is 6.68. The molecule has 3 aromatic carbocycles. The highest BCUT2D eigenvalue weighted by molar-refractivity contribution is 6.33. The van der Waals surface area contributed by atoms with Crippen molar-refractivity contribution in [3.8, 4) is 11.5 Å². The summed E-state index contributed by atoms with van der Waals surface area (Å²) in [5.74, 6) is 0.644. The van der Waals surface area contributed by atoms with Crippen molar-refractivity contribution in [2.75, 3.05) is 39.8 Å². The third-order valence-corrected chi connectivity index (χ3v) is 8.02. The quantitative estimate of drug-likeness (QED) is 0.343. The van der Waals surface area contributed by atoms with E-state index < -0.39 is 12.0 Å². The molecule has 0 aromatic heterocycles. The molecule has 3 amide bonds. The van der Waals surface area contributed by atoms with Gasteiger partial charge < -0.3 is 19.7 Å². The number of halogens is 1. The van der Waals surface area contributed by atoms with Crippen molar-refractivity contribution in [2.45, 2.75) is 25.9 Å². The number of hydrogen-bond donors (Lipinski definition) is 1. The predicted molar refractivity (Wildman–Crippen MR) is 164 cm³/mol. The highest BCUT2D eigenvalue weighted by Crippen LogP contribution is 2.34. The monoisotopic (exact) mass is 602 g/mol. The van der Waals surface area contributed by atoms with Gasteiger partial charge in [-0.2, -0.15) is 0 Å². The van der Waals surface area contributed by atoms with Gasteiger partial charge in [0.2, 0.25) is 0 Å². The van der Waals surface area contributed by atoms with E-state index in [1.54, 1.807) is 38.2 Å². The predicted octanol–water partition coefficient (Wildman–Crippen LogP) is 5.49. The topological polar surface area (TPSA) is 91.4 Å². The lowest BCUT2D eigenvalue weighted by Crippen LogP contribution is -2.56. The van der Waals surface area contributed by atoms with Gasteiger partial charge in [0.15, 0.2) is 0 Å². The Hall–Kier alpha value is -4.34. The molecule has 0 aliphatic carbocycles. The largest absolute Gasteiger partial charge is 0.463 e. The molecule has 2 atom stereocenters. The number of carbonyl (C=O) groups is 3. The van der Waals surface area contributed by atoms with Crippen molar-refractivity contribution in [2.24, 2.45) is 0 Å². The molecule has 1 fully saturated rings.